The second-order valence-corrected chi connectivity index (χ2v) is 5.35. The van der Waals surface area contributed by atoms with Crippen LogP contribution in [0.1, 0.15) is 46.0 Å². The van der Waals surface area contributed by atoms with Gasteiger partial charge in [-0.3, -0.25) is 0 Å². The van der Waals surface area contributed by atoms with E-state index in [0.717, 1.165) is 24.4 Å². The summed E-state index contributed by atoms with van der Waals surface area (Å²) < 4.78 is 5.31. The molecule has 0 amide bonds. The molecule has 16 heavy (non-hydrogen) atoms. The molecule has 96 valence electrons. The molecule has 0 aromatic heterocycles. The molecule has 1 fully saturated rings. The molecule has 1 aliphatic rings. The van der Waals surface area contributed by atoms with Crippen molar-refractivity contribution in [2.75, 3.05) is 26.8 Å². The maximum atomic E-state index is 5.31. The van der Waals surface area contributed by atoms with E-state index < -0.39 is 0 Å². The van der Waals surface area contributed by atoms with Crippen LogP contribution in [-0.2, 0) is 4.74 Å². The molecule has 0 radical (unpaired) electrons. The predicted octanol–water partition coefficient (Wildman–Crippen LogP) is 3.07. The van der Waals surface area contributed by atoms with E-state index in [1.165, 1.54) is 45.2 Å². The number of hydrogen-bond acceptors (Lipinski definition) is 2. The largest absolute Gasteiger partial charge is 0.384 e. The highest BCUT2D eigenvalue weighted by Crippen LogP contribution is 2.34. The maximum absolute atomic E-state index is 5.31. The van der Waals surface area contributed by atoms with E-state index in [4.69, 9.17) is 4.74 Å². The van der Waals surface area contributed by atoms with Gasteiger partial charge in [0.2, 0.25) is 0 Å². The van der Waals surface area contributed by atoms with Crippen molar-refractivity contribution in [3.8, 4) is 0 Å². The van der Waals surface area contributed by atoms with Gasteiger partial charge in [0.15, 0.2) is 0 Å². The summed E-state index contributed by atoms with van der Waals surface area (Å²) in [6.45, 7) is 7.90. The molecule has 3 atom stereocenters. The van der Waals surface area contributed by atoms with Crippen molar-refractivity contribution in [1.29, 1.82) is 0 Å². The lowest BCUT2D eigenvalue weighted by atomic mass is 9.73. The van der Waals surface area contributed by atoms with Crippen molar-refractivity contribution in [2.45, 2.75) is 46.0 Å². The minimum atomic E-state index is 0.721. The SMILES string of the molecule is CCCNCC1CCCCC1C(C)COC. The van der Waals surface area contributed by atoms with Gasteiger partial charge in [-0.25, -0.2) is 0 Å². The van der Waals surface area contributed by atoms with Crippen molar-refractivity contribution in [3.63, 3.8) is 0 Å². The fourth-order valence-corrected chi connectivity index (χ4v) is 3.09. The lowest BCUT2D eigenvalue weighted by Gasteiger charge is -2.35. The topological polar surface area (TPSA) is 21.3 Å². The van der Waals surface area contributed by atoms with Crippen LogP contribution < -0.4 is 5.32 Å². The van der Waals surface area contributed by atoms with Gasteiger partial charge < -0.3 is 10.1 Å². The Bertz CT molecular complexity index is 172. The number of rotatable bonds is 7. The first-order valence-corrected chi connectivity index (χ1v) is 6.99. The van der Waals surface area contributed by atoms with Crippen molar-refractivity contribution in [1.82, 2.24) is 5.32 Å². The van der Waals surface area contributed by atoms with Gasteiger partial charge in [-0.15, -0.1) is 0 Å². The smallest absolute Gasteiger partial charge is 0.0490 e. The molecule has 0 saturated heterocycles. The Hall–Kier alpha value is -0.0800. The van der Waals surface area contributed by atoms with Crippen LogP contribution in [0.4, 0.5) is 0 Å². The summed E-state index contributed by atoms with van der Waals surface area (Å²) in [5, 5.41) is 3.59. The molecule has 3 unspecified atom stereocenters. The van der Waals surface area contributed by atoms with Crippen LogP contribution in [0.5, 0.6) is 0 Å². The Kier molecular flexibility index (Phi) is 7.06. The zero-order valence-electron chi connectivity index (χ0n) is 11.3. The van der Waals surface area contributed by atoms with Crippen LogP contribution in [0.15, 0.2) is 0 Å². The van der Waals surface area contributed by atoms with Gasteiger partial charge in [-0.2, -0.15) is 0 Å². The Morgan fingerprint density at radius 1 is 1.31 bits per heavy atom. The summed E-state index contributed by atoms with van der Waals surface area (Å²) in [4.78, 5) is 0. The van der Waals surface area contributed by atoms with Crippen LogP contribution in [-0.4, -0.2) is 26.8 Å². The molecule has 0 bridgehead atoms. The number of hydrogen-bond donors (Lipinski definition) is 1. The van der Waals surface area contributed by atoms with Crippen molar-refractivity contribution in [3.05, 3.63) is 0 Å². The number of nitrogens with one attached hydrogen (secondary N) is 1. The lowest BCUT2D eigenvalue weighted by molar-refractivity contribution is 0.0835. The number of ether oxygens (including phenoxy) is 1. The van der Waals surface area contributed by atoms with Gasteiger partial charge in [-0.1, -0.05) is 26.7 Å². The highest BCUT2D eigenvalue weighted by atomic mass is 16.5. The summed E-state index contributed by atoms with van der Waals surface area (Å²) in [5.41, 5.74) is 0. The molecule has 0 aliphatic heterocycles. The Morgan fingerprint density at radius 2 is 2.06 bits per heavy atom. The van der Waals surface area contributed by atoms with Gasteiger partial charge in [0.25, 0.3) is 0 Å². The first-order chi connectivity index (χ1) is 7.79. The molecular weight excluding hydrogens is 198 g/mol. The van der Waals surface area contributed by atoms with Gasteiger partial charge in [0.1, 0.15) is 0 Å². The van der Waals surface area contributed by atoms with E-state index in [-0.39, 0.29) is 0 Å². The van der Waals surface area contributed by atoms with Gasteiger partial charge >= 0.3 is 0 Å². The minimum Gasteiger partial charge on any atom is -0.384 e. The zero-order chi connectivity index (χ0) is 11.8. The molecule has 0 aromatic carbocycles. The van der Waals surface area contributed by atoms with E-state index in [1.807, 2.05) is 7.11 Å². The molecule has 1 aliphatic carbocycles. The van der Waals surface area contributed by atoms with Crippen LogP contribution in [0, 0.1) is 17.8 Å². The van der Waals surface area contributed by atoms with Gasteiger partial charge in [0, 0.05) is 13.7 Å². The molecule has 0 spiro atoms. The van der Waals surface area contributed by atoms with E-state index in [1.54, 1.807) is 0 Å². The minimum absolute atomic E-state index is 0.721. The summed E-state index contributed by atoms with van der Waals surface area (Å²) in [7, 11) is 1.82. The first kappa shape index (κ1) is 14.0. The third-order valence-electron chi connectivity index (χ3n) is 3.96. The third kappa shape index (κ3) is 4.42. The fourth-order valence-electron chi connectivity index (χ4n) is 3.09. The highest BCUT2D eigenvalue weighted by Gasteiger charge is 2.28. The molecule has 1 rings (SSSR count). The Labute approximate surface area is 101 Å². The zero-order valence-corrected chi connectivity index (χ0v) is 11.3. The quantitative estimate of drug-likeness (QED) is 0.675. The summed E-state index contributed by atoms with van der Waals surface area (Å²) in [6, 6.07) is 0. The van der Waals surface area contributed by atoms with E-state index in [2.05, 4.69) is 19.2 Å². The van der Waals surface area contributed by atoms with Crippen molar-refractivity contribution < 1.29 is 4.74 Å². The highest BCUT2D eigenvalue weighted by molar-refractivity contribution is 4.80. The molecule has 0 aromatic rings. The summed E-state index contributed by atoms with van der Waals surface area (Å²) in [6.07, 6.45) is 6.90. The van der Waals surface area contributed by atoms with E-state index >= 15 is 0 Å². The van der Waals surface area contributed by atoms with Crippen LogP contribution in [0.2, 0.25) is 0 Å². The fraction of sp³-hybridized carbons (Fsp3) is 1.00. The van der Waals surface area contributed by atoms with E-state index in [9.17, 15) is 0 Å². The average molecular weight is 227 g/mol. The van der Waals surface area contributed by atoms with Crippen LogP contribution in [0.3, 0.4) is 0 Å². The molecule has 1 N–H and O–H groups in total. The first-order valence-electron chi connectivity index (χ1n) is 6.99. The van der Waals surface area contributed by atoms with Crippen molar-refractivity contribution in [2.24, 2.45) is 17.8 Å². The molecular formula is C14H29NO. The van der Waals surface area contributed by atoms with Gasteiger partial charge in [-0.05, 0) is 50.1 Å². The van der Waals surface area contributed by atoms with E-state index in [0.29, 0.717) is 0 Å². The second kappa shape index (κ2) is 8.08. The Morgan fingerprint density at radius 3 is 2.75 bits per heavy atom. The van der Waals surface area contributed by atoms with Gasteiger partial charge in [0.05, 0.1) is 0 Å². The van der Waals surface area contributed by atoms with Crippen LogP contribution >= 0.6 is 0 Å². The molecule has 1 saturated carbocycles. The molecule has 0 heterocycles. The summed E-state index contributed by atoms with van der Waals surface area (Å²) >= 11 is 0. The number of methoxy groups -OCH3 is 1. The second-order valence-electron chi connectivity index (χ2n) is 5.35. The summed E-state index contributed by atoms with van der Waals surface area (Å²) in [5.74, 6) is 2.47. The average Bonchev–Trinajstić information content (AvgIpc) is 2.30. The van der Waals surface area contributed by atoms with Crippen LogP contribution in [0.25, 0.3) is 0 Å². The normalized spacial score (nSPS) is 27.9. The predicted molar refractivity (Wildman–Crippen MR) is 69.6 cm³/mol. The van der Waals surface area contributed by atoms with Crippen molar-refractivity contribution >= 4 is 0 Å². The monoisotopic (exact) mass is 227 g/mol. The molecule has 2 heteroatoms. The Balaban J connectivity index is 2.36. The lowest BCUT2D eigenvalue weighted by Crippen LogP contribution is -2.35. The standard InChI is InChI=1S/C14H29NO/c1-4-9-15-10-13-7-5-6-8-14(13)12(2)11-16-3/h12-15H,4-11H2,1-3H3. The maximum Gasteiger partial charge on any atom is 0.0490 e. The molecule has 2 nitrogen and oxygen atoms in total. The third-order valence-corrected chi connectivity index (χ3v) is 3.96.